The molecule has 1 aliphatic rings. The van der Waals surface area contributed by atoms with Crippen LogP contribution >= 0.6 is 0 Å². The number of benzene rings is 1. The molecule has 1 atom stereocenters. The topological polar surface area (TPSA) is 95.6 Å². The number of carbonyl (C=O) groups is 2. The Morgan fingerprint density at radius 2 is 2.00 bits per heavy atom. The van der Waals surface area contributed by atoms with Gasteiger partial charge in [0.25, 0.3) is 5.91 Å². The number of amides is 2. The molecule has 1 fully saturated rings. The molecule has 26 heavy (non-hydrogen) atoms. The van der Waals surface area contributed by atoms with Crippen LogP contribution < -0.4 is 10.0 Å². The summed E-state index contributed by atoms with van der Waals surface area (Å²) in [7, 11) is -3.62. The number of piperidine rings is 1. The second-order valence-corrected chi connectivity index (χ2v) is 7.92. The number of nitrogens with one attached hydrogen (secondary N) is 2. The van der Waals surface area contributed by atoms with Gasteiger partial charge in [-0.15, -0.1) is 6.58 Å². The highest BCUT2D eigenvalue weighted by Gasteiger charge is 2.28. The maximum Gasteiger partial charge on any atom is 0.253 e. The molecule has 8 heteroatoms. The minimum atomic E-state index is -3.62. The largest absolute Gasteiger partial charge is 0.356 e. The summed E-state index contributed by atoms with van der Waals surface area (Å²) in [4.78, 5) is 26.4. The van der Waals surface area contributed by atoms with E-state index < -0.39 is 10.0 Å². The SMILES string of the molecule is C=CCNS(=O)(=O)c1ccc(C(=O)N2CCCC(C(=O)NCC)C2)cc1. The van der Waals surface area contributed by atoms with E-state index in [-0.39, 0.29) is 29.2 Å². The van der Waals surface area contributed by atoms with Crippen LogP contribution in [-0.4, -0.2) is 51.3 Å². The van der Waals surface area contributed by atoms with Crippen LogP contribution in [0.1, 0.15) is 30.1 Å². The summed E-state index contributed by atoms with van der Waals surface area (Å²) in [6.45, 7) is 7.01. The second-order valence-electron chi connectivity index (χ2n) is 6.15. The molecule has 0 spiro atoms. The highest BCUT2D eigenvalue weighted by Crippen LogP contribution is 2.20. The van der Waals surface area contributed by atoms with Crippen molar-refractivity contribution in [3.05, 3.63) is 42.5 Å². The van der Waals surface area contributed by atoms with Gasteiger partial charge in [-0.2, -0.15) is 0 Å². The maximum atomic E-state index is 12.7. The molecule has 1 saturated heterocycles. The quantitative estimate of drug-likeness (QED) is 0.695. The Labute approximate surface area is 154 Å². The third-order valence-corrected chi connectivity index (χ3v) is 5.70. The van der Waals surface area contributed by atoms with Gasteiger partial charge in [-0.3, -0.25) is 9.59 Å². The minimum absolute atomic E-state index is 0.0280. The number of hydrogen-bond acceptors (Lipinski definition) is 4. The van der Waals surface area contributed by atoms with Crippen molar-refractivity contribution >= 4 is 21.8 Å². The van der Waals surface area contributed by atoms with Crippen LogP contribution in [0.25, 0.3) is 0 Å². The van der Waals surface area contributed by atoms with E-state index in [1.54, 1.807) is 4.90 Å². The molecule has 2 amide bonds. The highest BCUT2D eigenvalue weighted by atomic mass is 32.2. The summed E-state index contributed by atoms with van der Waals surface area (Å²) in [6.07, 6.45) is 2.99. The van der Waals surface area contributed by atoms with Crippen molar-refractivity contribution in [2.75, 3.05) is 26.2 Å². The molecular weight excluding hydrogens is 354 g/mol. The van der Waals surface area contributed by atoms with Crippen LogP contribution in [0, 0.1) is 5.92 Å². The zero-order valence-electron chi connectivity index (χ0n) is 14.9. The third-order valence-electron chi connectivity index (χ3n) is 4.26. The van der Waals surface area contributed by atoms with Crippen molar-refractivity contribution in [1.29, 1.82) is 0 Å². The molecule has 1 heterocycles. The van der Waals surface area contributed by atoms with Crippen molar-refractivity contribution < 1.29 is 18.0 Å². The van der Waals surface area contributed by atoms with E-state index in [0.29, 0.717) is 25.2 Å². The molecule has 1 aromatic rings. The van der Waals surface area contributed by atoms with Gasteiger partial charge in [-0.1, -0.05) is 6.08 Å². The van der Waals surface area contributed by atoms with Crippen LogP contribution in [0.5, 0.6) is 0 Å². The Bertz CT molecular complexity index is 759. The zero-order chi connectivity index (χ0) is 19.2. The summed E-state index contributed by atoms with van der Waals surface area (Å²) in [5, 5.41) is 2.80. The summed E-state index contributed by atoms with van der Waals surface area (Å²) in [6, 6.07) is 5.81. The first-order chi connectivity index (χ1) is 12.4. The van der Waals surface area contributed by atoms with Gasteiger partial charge in [0.1, 0.15) is 0 Å². The molecule has 0 bridgehead atoms. The Hall–Kier alpha value is -2.19. The van der Waals surface area contributed by atoms with Gasteiger partial charge in [-0.05, 0) is 44.0 Å². The fourth-order valence-electron chi connectivity index (χ4n) is 2.91. The molecule has 2 rings (SSSR count). The molecule has 0 radical (unpaired) electrons. The van der Waals surface area contributed by atoms with Gasteiger partial charge < -0.3 is 10.2 Å². The third kappa shape index (κ3) is 4.92. The van der Waals surface area contributed by atoms with E-state index in [9.17, 15) is 18.0 Å². The number of sulfonamides is 1. The van der Waals surface area contributed by atoms with Crippen LogP contribution in [0.2, 0.25) is 0 Å². The first-order valence-electron chi connectivity index (χ1n) is 8.66. The lowest BCUT2D eigenvalue weighted by Crippen LogP contribution is -2.45. The predicted molar refractivity (Wildman–Crippen MR) is 99.1 cm³/mol. The average molecular weight is 379 g/mol. The molecule has 1 unspecified atom stereocenters. The number of hydrogen-bond donors (Lipinski definition) is 2. The molecule has 1 aliphatic heterocycles. The van der Waals surface area contributed by atoms with Gasteiger partial charge in [-0.25, -0.2) is 13.1 Å². The van der Waals surface area contributed by atoms with Crippen molar-refractivity contribution in [2.24, 2.45) is 5.92 Å². The van der Waals surface area contributed by atoms with Crippen LogP contribution in [0.4, 0.5) is 0 Å². The van der Waals surface area contributed by atoms with Crippen LogP contribution in [0.15, 0.2) is 41.8 Å². The van der Waals surface area contributed by atoms with Gasteiger partial charge in [0, 0.05) is 31.7 Å². The smallest absolute Gasteiger partial charge is 0.253 e. The minimum Gasteiger partial charge on any atom is -0.356 e. The van der Waals surface area contributed by atoms with Crippen molar-refractivity contribution in [2.45, 2.75) is 24.7 Å². The summed E-state index contributed by atoms with van der Waals surface area (Å²) >= 11 is 0. The lowest BCUT2D eigenvalue weighted by atomic mass is 9.96. The molecule has 0 saturated carbocycles. The average Bonchev–Trinajstić information content (AvgIpc) is 2.66. The van der Waals surface area contributed by atoms with Crippen LogP contribution in [0.3, 0.4) is 0 Å². The first-order valence-corrected chi connectivity index (χ1v) is 10.1. The maximum absolute atomic E-state index is 12.7. The normalized spacial score (nSPS) is 17.6. The van der Waals surface area contributed by atoms with E-state index in [4.69, 9.17) is 0 Å². The lowest BCUT2D eigenvalue weighted by Gasteiger charge is -2.32. The Morgan fingerprint density at radius 3 is 2.62 bits per heavy atom. The van der Waals surface area contributed by atoms with Gasteiger partial charge in [0.15, 0.2) is 0 Å². The zero-order valence-corrected chi connectivity index (χ0v) is 15.7. The molecule has 1 aromatic carbocycles. The van der Waals surface area contributed by atoms with Gasteiger partial charge in [0.2, 0.25) is 15.9 Å². The number of carbonyl (C=O) groups excluding carboxylic acids is 2. The monoisotopic (exact) mass is 379 g/mol. The Kier molecular flexibility index (Phi) is 6.93. The van der Waals surface area contributed by atoms with Crippen LogP contribution in [-0.2, 0) is 14.8 Å². The second kappa shape index (κ2) is 8.95. The standard InChI is InChI=1S/C18H25N3O4S/c1-3-11-20-26(24,25)16-9-7-14(8-10-16)18(23)21-12-5-6-15(13-21)17(22)19-4-2/h3,7-10,15,20H,1,4-6,11-13H2,2H3,(H,19,22). The Morgan fingerprint density at radius 1 is 1.31 bits per heavy atom. The Balaban J connectivity index is 2.07. The first kappa shape index (κ1) is 20.1. The summed E-state index contributed by atoms with van der Waals surface area (Å²) in [5.74, 6) is -0.419. The molecule has 0 aromatic heterocycles. The molecule has 0 aliphatic carbocycles. The van der Waals surface area contributed by atoms with Crippen molar-refractivity contribution in [3.63, 3.8) is 0 Å². The van der Waals surface area contributed by atoms with Crippen molar-refractivity contribution in [1.82, 2.24) is 14.9 Å². The van der Waals surface area contributed by atoms with E-state index in [2.05, 4.69) is 16.6 Å². The molecule has 2 N–H and O–H groups in total. The molecule has 142 valence electrons. The number of likely N-dealkylation sites (tertiary alicyclic amines) is 1. The van der Waals surface area contributed by atoms with Crippen molar-refractivity contribution in [3.8, 4) is 0 Å². The molecular formula is C18H25N3O4S. The van der Waals surface area contributed by atoms with E-state index in [1.165, 1.54) is 30.3 Å². The van der Waals surface area contributed by atoms with Gasteiger partial charge in [0.05, 0.1) is 10.8 Å². The molecule has 7 nitrogen and oxygen atoms in total. The van der Waals surface area contributed by atoms with Gasteiger partial charge >= 0.3 is 0 Å². The summed E-state index contributed by atoms with van der Waals surface area (Å²) < 4.78 is 26.5. The highest BCUT2D eigenvalue weighted by molar-refractivity contribution is 7.89. The fourth-order valence-corrected chi connectivity index (χ4v) is 3.90. The predicted octanol–water partition coefficient (Wildman–Crippen LogP) is 1.14. The fraction of sp³-hybridized carbons (Fsp3) is 0.444. The lowest BCUT2D eigenvalue weighted by molar-refractivity contribution is -0.126. The summed E-state index contributed by atoms with van der Waals surface area (Å²) in [5.41, 5.74) is 0.407. The number of nitrogens with zero attached hydrogens (tertiary/aromatic N) is 1. The van der Waals surface area contributed by atoms with E-state index in [0.717, 1.165) is 12.8 Å². The number of rotatable bonds is 7. The van der Waals surface area contributed by atoms with E-state index in [1.807, 2.05) is 6.92 Å². The van der Waals surface area contributed by atoms with E-state index >= 15 is 0 Å².